The molecule has 1 heterocycles. The molecule has 0 radical (unpaired) electrons. The van der Waals surface area contributed by atoms with Crippen LogP contribution in [-0.4, -0.2) is 33.4 Å². The maximum absolute atomic E-state index is 12.3. The van der Waals surface area contributed by atoms with Crippen molar-refractivity contribution in [3.63, 3.8) is 0 Å². The largest absolute Gasteiger partial charge is 0.396 e. The molecule has 1 fully saturated rings. The normalized spacial score (nSPS) is 23.9. The van der Waals surface area contributed by atoms with Crippen LogP contribution in [0.25, 0.3) is 0 Å². The number of nitrogens with one attached hydrogen (secondary N) is 1. The molecule has 106 valence electrons. The summed E-state index contributed by atoms with van der Waals surface area (Å²) in [5, 5.41) is 16.7. The maximum Gasteiger partial charge on any atom is 0.254 e. The molecule has 1 amide bonds. The number of carbonyl (C=O) groups excluding carboxylic acids is 1. The number of aliphatic hydroxyl groups is 1. The minimum atomic E-state index is -0.0732. The highest BCUT2D eigenvalue weighted by Crippen LogP contribution is 2.23. The number of nitrogens with zero attached hydrogens (tertiary/aromatic N) is 2. The minimum absolute atomic E-state index is 0.0732. The van der Waals surface area contributed by atoms with Crippen LogP contribution in [0.15, 0.2) is 6.20 Å². The molecule has 0 saturated heterocycles. The average Bonchev–Trinajstić information content (AvgIpc) is 2.60. The quantitative estimate of drug-likeness (QED) is 0.812. The smallest absolute Gasteiger partial charge is 0.254 e. The molecule has 1 saturated carbocycles. The predicted molar refractivity (Wildman–Crippen MR) is 72.9 cm³/mol. The SMILES string of the molecule is Cc1nn(C)cc1C(=O)NC1CCCCCC1CO. The molecular weight excluding hydrogens is 242 g/mol. The lowest BCUT2D eigenvalue weighted by molar-refractivity contribution is 0.0899. The summed E-state index contributed by atoms with van der Waals surface area (Å²) in [6.07, 6.45) is 7.14. The number of aromatic nitrogens is 2. The van der Waals surface area contributed by atoms with E-state index in [0.717, 1.165) is 31.4 Å². The van der Waals surface area contributed by atoms with Gasteiger partial charge in [0, 0.05) is 31.8 Å². The van der Waals surface area contributed by atoms with E-state index in [1.807, 2.05) is 14.0 Å². The van der Waals surface area contributed by atoms with Crippen LogP contribution in [0.5, 0.6) is 0 Å². The second kappa shape index (κ2) is 6.19. The Morgan fingerprint density at radius 1 is 1.47 bits per heavy atom. The number of amides is 1. The van der Waals surface area contributed by atoms with E-state index >= 15 is 0 Å². The van der Waals surface area contributed by atoms with Crippen LogP contribution in [0, 0.1) is 12.8 Å². The first-order chi connectivity index (χ1) is 9.11. The van der Waals surface area contributed by atoms with E-state index in [2.05, 4.69) is 10.4 Å². The summed E-state index contributed by atoms with van der Waals surface area (Å²) >= 11 is 0. The monoisotopic (exact) mass is 265 g/mol. The molecule has 1 aliphatic carbocycles. The summed E-state index contributed by atoms with van der Waals surface area (Å²) in [7, 11) is 1.81. The van der Waals surface area contributed by atoms with Crippen LogP contribution in [0.1, 0.15) is 48.2 Å². The van der Waals surface area contributed by atoms with Crippen molar-refractivity contribution in [1.29, 1.82) is 0 Å². The van der Waals surface area contributed by atoms with Crippen LogP contribution in [0.3, 0.4) is 0 Å². The predicted octanol–water partition coefficient (Wildman–Crippen LogP) is 1.40. The van der Waals surface area contributed by atoms with Gasteiger partial charge in [-0.2, -0.15) is 5.10 Å². The van der Waals surface area contributed by atoms with E-state index in [9.17, 15) is 9.90 Å². The van der Waals surface area contributed by atoms with Crippen LogP contribution in [-0.2, 0) is 7.05 Å². The first-order valence-corrected chi connectivity index (χ1v) is 7.03. The van der Waals surface area contributed by atoms with Crippen molar-refractivity contribution < 1.29 is 9.90 Å². The van der Waals surface area contributed by atoms with Crippen molar-refractivity contribution in [2.45, 2.75) is 45.1 Å². The summed E-state index contributed by atoms with van der Waals surface area (Å²) in [6.45, 7) is 1.99. The molecule has 2 N–H and O–H groups in total. The number of hydrogen-bond acceptors (Lipinski definition) is 3. The Labute approximate surface area is 114 Å². The molecule has 5 heteroatoms. The number of carbonyl (C=O) groups is 1. The van der Waals surface area contributed by atoms with E-state index in [1.165, 1.54) is 6.42 Å². The molecule has 19 heavy (non-hydrogen) atoms. The standard InChI is InChI=1S/C14H23N3O2/c1-10-12(8-17(2)16-10)14(19)15-13-7-5-3-4-6-11(13)9-18/h8,11,13,18H,3-7,9H2,1-2H3,(H,15,19). The van der Waals surface area contributed by atoms with Gasteiger partial charge < -0.3 is 10.4 Å². The third kappa shape index (κ3) is 3.35. The van der Waals surface area contributed by atoms with Crippen molar-refractivity contribution in [3.8, 4) is 0 Å². The van der Waals surface area contributed by atoms with Gasteiger partial charge in [0.05, 0.1) is 11.3 Å². The Balaban J connectivity index is 2.06. The highest BCUT2D eigenvalue weighted by molar-refractivity contribution is 5.95. The van der Waals surface area contributed by atoms with Gasteiger partial charge in [-0.25, -0.2) is 0 Å². The van der Waals surface area contributed by atoms with Crippen molar-refractivity contribution in [3.05, 3.63) is 17.5 Å². The van der Waals surface area contributed by atoms with E-state index < -0.39 is 0 Å². The number of aryl methyl sites for hydroxylation is 2. The molecule has 2 atom stereocenters. The van der Waals surface area contributed by atoms with Crippen LogP contribution in [0.4, 0.5) is 0 Å². The summed E-state index contributed by atoms with van der Waals surface area (Å²) in [4.78, 5) is 12.3. The van der Waals surface area contributed by atoms with Gasteiger partial charge in [0.1, 0.15) is 0 Å². The lowest BCUT2D eigenvalue weighted by Gasteiger charge is -2.24. The number of rotatable bonds is 3. The second-order valence-electron chi connectivity index (χ2n) is 5.46. The van der Waals surface area contributed by atoms with Gasteiger partial charge in [-0.3, -0.25) is 9.48 Å². The van der Waals surface area contributed by atoms with Crippen molar-refractivity contribution in [1.82, 2.24) is 15.1 Å². The molecule has 1 aromatic heterocycles. The summed E-state index contributed by atoms with van der Waals surface area (Å²) < 4.78 is 1.65. The molecule has 0 aliphatic heterocycles. The summed E-state index contributed by atoms with van der Waals surface area (Å²) in [5.41, 5.74) is 1.37. The van der Waals surface area contributed by atoms with Crippen molar-refractivity contribution >= 4 is 5.91 Å². The Morgan fingerprint density at radius 3 is 2.84 bits per heavy atom. The van der Waals surface area contributed by atoms with E-state index in [0.29, 0.717) is 5.56 Å². The molecule has 0 bridgehead atoms. The minimum Gasteiger partial charge on any atom is -0.396 e. The number of aliphatic hydroxyl groups excluding tert-OH is 1. The zero-order valence-electron chi connectivity index (χ0n) is 11.7. The van der Waals surface area contributed by atoms with Crippen molar-refractivity contribution in [2.24, 2.45) is 13.0 Å². The third-order valence-electron chi connectivity index (χ3n) is 3.97. The molecule has 2 unspecified atom stereocenters. The Hall–Kier alpha value is -1.36. The zero-order chi connectivity index (χ0) is 13.8. The van der Waals surface area contributed by atoms with Crippen molar-refractivity contribution in [2.75, 3.05) is 6.61 Å². The van der Waals surface area contributed by atoms with E-state index in [1.54, 1.807) is 10.9 Å². The molecule has 2 rings (SSSR count). The highest BCUT2D eigenvalue weighted by atomic mass is 16.3. The lowest BCUT2D eigenvalue weighted by atomic mass is 9.95. The fourth-order valence-corrected chi connectivity index (χ4v) is 2.86. The Morgan fingerprint density at radius 2 is 2.21 bits per heavy atom. The fraction of sp³-hybridized carbons (Fsp3) is 0.714. The zero-order valence-corrected chi connectivity index (χ0v) is 11.7. The highest BCUT2D eigenvalue weighted by Gasteiger charge is 2.25. The Bertz CT molecular complexity index is 442. The lowest BCUT2D eigenvalue weighted by Crippen LogP contribution is -2.41. The molecule has 0 aromatic carbocycles. The van der Waals surface area contributed by atoms with Gasteiger partial charge in [-0.1, -0.05) is 19.3 Å². The van der Waals surface area contributed by atoms with Gasteiger partial charge >= 0.3 is 0 Å². The summed E-state index contributed by atoms with van der Waals surface area (Å²) in [5.74, 6) is 0.111. The molecule has 1 aliphatic rings. The molecule has 1 aromatic rings. The van der Waals surface area contributed by atoms with Crippen LogP contribution in [0.2, 0.25) is 0 Å². The third-order valence-corrected chi connectivity index (χ3v) is 3.97. The first-order valence-electron chi connectivity index (χ1n) is 7.03. The Kier molecular flexibility index (Phi) is 4.58. The second-order valence-corrected chi connectivity index (χ2v) is 5.46. The fourth-order valence-electron chi connectivity index (χ4n) is 2.86. The maximum atomic E-state index is 12.3. The molecular formula is C14H23N3O2. The van der Waals surface area contributed by atoms with Gasteiger partial charge in [0.2, 0.25) is 0 Å². The van der Waals surface area contributed by atoms with Crippen LogP contribution < -0.4 is 5.32 Å². The van der Waals surface area contributed by atoms with Gasteiger partial charge in [0.25, 0.3) is 5.91 Å². The molecule has 0 spiro atoms. The van der Waals surface area contributed by atoms with Crippen LogP contribution >= 0.6 is 0 Å². The van der Waals surface area contributed by atoms with E-state index in [-0.39, 0.29) is 24.5 Å². The van der Waals surface area contributed by atoms with Gasteiger partial charge in [0.15, 0.2) is 0 Å². The summed E-state index contributed by atoms with van der Waals surface area (Å²) in [6, 6.07) is 0.0830. The van der Waals surface area contributed by atoms with Gasteiger partial charge in [-0.05, 0) is 19.8 Å². The average molecular weight is 265 g/mol. The molecule has 5 nitrogen and oxygen atoms in total. The van der Waals surface area contributed by atoms with Gasteiger partial charge in [-0.15, -0.1) is 0 Å². The number of hydrogen-bond donors (Lipinski definition) is 2. The topological polar surface area (TPSA) is 67.2 Å². The first kappa shape index (κ1) is 14.1. The van der Waals surface area contributed by atoms with E-state index in [4.69, 9.17) is 0 Å².